The number of rotatable bonds is 4. The van der Waals surface area contributed by atoms with Gasteiger partial charge in [0, 0.05) is 22.1 Å². The Kier molecular flexibility index (Phi) is 4.77. The van der Waals surface area contributed by atoms with E-state index in [2.05, 4.69) is 22.7 Å². The number of hydrogen-bond acceptors (Lipinski definition) is 5. The molecule has 4 aromatic rings. The van der Waals surface area contributed by atoms with Gasteiger partial charge in [-0.3, -0.25) is 4.79 Å². The summed E-state index contributed by atoms with van der Waals surface area (Å²) in [7, 11) is 0. The first kappa shape index (κ1) is 18.4. The minimum absolute atomic E-state index is 0.0191. The zero-order valence-corrected chi connectivity index (χ0v) is 17.2. The van der Waals surface area contributed by atoms with E-state index in [4.69, 9.17) is 4.42 Å². The standard InChI is InChI=1S/C23H22N2O2S/c1-13-10-18(15(3)24-20-12-28-25-16(20)4)23-19(11-13)21(26)14(2)22(27-23)17-8-6-5-7-9-17/h5-12,15,24H,1-4H3/t15-/m1/s1. The van der Waals surface area contributed by atoms with Crippen LogP contribution in [0, 0.1) is 20.8 Å². The highest BCUT2D eigenvalue weighted by atomic mass is 32.1. The molecule has 2 aromatic heterocycles. The van der Waals surface area contributed by atoms with Crippen LogP contribution in [0.25, 0.3) is 22.3 Å². The molecule has 1 atom stereocenters. The molecule has 0 radical (unpaired) electrons. The van der Waals surface area contributed by atoms with Crippen LogP contribution in [0.15, 0.2) is 57.1 Å². The Morgan fingerprint density at radius 1 is 1.11 bits per heavy atom. The maximum absolute atomic E-state index is 13.1. The third-order valence-corrected chi connectivity index (χ3v) is 5.74. The van der Waals surface area contributed by atoms with E-state index < -0.39 is 0 Å². The van der Waals surface area contributed by atoms with Crippen LogP contribution in [-0.4, -0.2) is 4.37 Å². The van der Waals surface area contributed by atoms with Crippen molar-refractivity contribution in [1.82, 2.24) is 4.37 Å². The molecule has 0 aliphatic heterocycles. The van der Waals surface area contributed by atoms with E-state index in [0.717, 1.165) is 28.1 Å². The van der Waals surface area contributed by atoms with Gasteiger partial charge >= 0.3 is 0 Å². The lowest BCUT2D eigenvalue weighted by Crippen LogP contribution is -2.12. The van der Waals surface area contributed by atoms with Crippen molar-refractivity contribution < 1.29 is 4.42 Å². The molecule has 4 rings (SSSR count). The summed E-state index contributed by atoms with van der Waals surface area (Å²) in [6, 6.07) is 13.7. The number of aromatic nitrogens is 1. The second-order valence-corrected chi connectivity index (χ2v) is 7.79. The Morgan fingerprint density at radius 2 is 1.86 bits per heavy atom. The van der Waals surface area contributed by atoms with Crippen LogP contribution in [0.2, 0.25) is 0 Å². The van der Waals surface area contributed by atoms with Crippen molar-refractivity contribution in [3.63, 3.8) is 0 Å². The topological polar surface area (TPSA) is 55.1 Å². The van der Waals surface area contributed by atoms with Gasteiger partial charge in [-0.25, -0.2) is 0 Å². The molecule has 0 spiro atoms. The lowest BCUT2D eigenvalue weighted by Gasteiger charge is -2.18. The van der Waals surface area contributed by atoms with Crippen molar-refractivity contribution >= 4 is 28.2 Å². The lowest BCUT2D eigenvalue weighted by molar-refractivity contribution is 0.605. The van der Waals surface area contributed by atoms with Gasteiger partial charge in [0.05, 0.1) is 22.8 Å². The summed E-state index contributed by atoms with van der Waals surface area (Å²) in [5, 5.41) is 6.13. The molecule has 2 heterocycles. The molecule has 0 amide bonds. The highest BCUT2D eigenvalue weighted by molar-refractivity contribution is 7.04. The van der Waals surface area contributed by atoms with Gasteiger partial charge in [-0.2, -0.15) is 4.37 Å². The molecule has 0 fully saturated rings. The second kappa shape index (κ2) is 7.24. The molecule has 28 heavy (non-hydrogen) atoms. The molecule has 142 valence electrons. The van der Waals surface area contributed by atoms with Crippen molar-refractivity contribution in [1.29, 1.82) is 0 Å². The molecular formula is C23H22N2O2S. The van der Waals surface area contributed by atoms with Crippen LogP contribution in [0.3, 0.4) is 0 Å². The van der Waals surface area contributed by atoms with Crippen LogP contribution in [0.1, 0.15) is 35.3 Å². The summed E-state index contributed by atoms with van der Waals surface area (Å²) in [5.74, 6) is 0.629. The Labute approximate surface area is 168 Å². The van der Waals surface area contributed by atoms with Crippen LogP contribution in [0.5, 0.6) is 0 Å². The van der Waals surface area contributed by atoms with Crippen molar-refractivity contribution in [3.8, 4) is 11.3 Å². The van der Waals surface area contributed by atoms with Crippen LogP contribution < -0.4 is 10.7 Å². The van der Waals surface area contributed by atoms with Gasteiger partial charge in [-0.1, -0.05) is 36.4 Å². The molecular weight excluding hydrogens is 368 g/mol. The number of hydrogen-bond donors (Lipinski definition) is 1. The molecule has 0 aliphatic carbocycles. The number of nitrogens with zero attached hydrogens (tertiary/aromatic N) is 1. The normalized spacial score (nSPS) is 12.3. The second-order valence-electron chi connectivity index (χ2n) is 7.16. The number of nitrogens with one attached hydrogen (secondary N) is 1. The summed E-state index contributed by atoms with van der Waals surface area (Å²) in [5.41, 5.74) is 6.18. The van der Waals surface area contributed by atoms with Crippen molar-refractivity contribution in [2.75, 3.05) is 5.32 Å². The van der Waals surface area contributed by atoms with Crippen LogP contribution >= 0.6 is 11.5 Å². The van der Waals surface area contributed by atoms with Crippen LogP contribution in [0.4, 0.5) is 5.69 Å². The average Bonchev–Trinajstić information content (AvgIpc) is 3.09. The quantitative estimate of drug-likeness (QED) is 0.463. The Balaban J connectivity index is 1.92. The molecule has 0 bridgehead atoms. The Bertz CT molecular complexity index is 1210. The summed E-state index contributed by atoms with van der Waals surface area (Å²) in [6.07, 6.45) is 0. The largest absolute Gasteiger partial charge is 0.455 e. The fourth-order valence-electron chi connectivity index (χ4n) is 3.50. The predicted octanol–water partition coefficient (Wildman–Crippen LogP) is 6.01. The van der Waals surface area contributed by atoms with Crippen LogP contribution in [-0.2, 0) is 0 Å². The van der Waals surface area contributed by atoms with Crippen molar-refractivity contribution in [2.24, 2.45) is 0 Å². The Morgan fingerprint density at radius 3 is 2.54 bits per heavy atom. The van der Waals surface area contributed by atoms with E-state index in [0.29, 0.717) is 22.3 Å². The van der Waals surface area contributed by atoms with E-state index in [1.807, 2.05) is 62.5 Å². The van der Waals surface area contributed by atoms with Gasteiger partial charge in [0.1, 0.15) is 11.3 Å². The van der Waals surface area contributed by atoms with E-state index in [9.17, 15) is 4.79 Å². The maximum Gasteiger partial charge on any atom is 0.196 e. The van der Waals surface area contributed by atoms with Crippen molar-refractivity contribution in [3.05, 3.63) is 80.5 Å². The maximum atomic E-state index is 13.1. The number of anilines is 1. The van der Waals surface area contributed by atoms with Gasteiger partial charge in [0.15, 0.2) is 5.43 Å². The van der Waals surface area contributed by atoms with E-state index in [1.54, 1.807) is 0 Å². The summed E-state index contributed by atoms with van der Waals surface area (Å²) >= 11 is 1.43. The van der Waals surface area contributed by atoms with Gasteiger partial charge in [0.25, 0.3) is 0 Å². The van der Waals surface area contributed by atoms with Crippen molar-refractivity contribution in [2.45, 2.75) is 33.7 Å². The SMILES string of the molecule is Cc1cc([C@@H](C)Nc2csnc2C)c2oc(-c3ccccc3)c(C)c(=O)c2c1. The molecule has 2 aromatic carbocycles. The molecule has 5 heteroatoms. The Hall–Kier alpha value is -2.92. The number of aryl methyl sites for hydroxylation is 2. The first-order chi connectivity index (χ1) is 13.5. The molecule has 0 saturated heterocycles. The highest BCUT2D eigenvalue weighted by Crippen LogP contribution is 2.32. The molecule has 4 nitrogen and oxygen atoms in total. The summed E-state index contributed by atoms with van der Waals surface area (Å²) < 4.78 is 10.7. The lowest BCUT2D eigenvalue weighted by atomic mass is 9.99. The van der Waals surface area contributed by atoms with E-state index >= 15 is 0 Å². The fraction of sp³-hybridized carbons (Fsp3) is 0.217. The van der Waals surface area contributed by atoms with Gasteiger partial charge in [0.2, 0.25) is 0 Å². The van der Waals surface area contributed by atoms with E-state index in [-0.39, 0.29) is 11.5 Å². The predicted molar refractivity (Wildman–Crippen MR) is 116 cm³/mol. The zero-order chi connectivity index (χ0) is 19.8. The van der Waals surface area contributed by atoms with Gasteiger partial charge in [-0.05, 0) is 50.9 Å². The molecule has 0 unspecified atom stereocenters. The van der Waals surface area contributed by atoms with Gasteiger partial charge in [-0.15, -0.1) is 0 Å². The number of fused-ring (bicyclic) bond motifs is 1. The molecule has 1 N–H and O–H groups in total. The monoisotopic (exact) mass is 390 g/mol. The fourth-order valence-corrected chi connectivity index (χ4v) is 4.15. The first-order valence-electron chi connectivity index (χ1n) is 9.26. The zero-order valence-electron chi connectivity index (χ0n) is 16.4. The highest BCUT2D eigenvalue weighted by Gasteiger charge is 2.19. The third kappa shape index (κ3) is 3.22. The third-order valence-electron chi connectivity index (χ3n) is 5.02. The minimum atomic E-state index is -0.0352. The van der Waals surface area contributed by atoms with E-state index in [1.165, 1.54) is 11.5 Å². The summed E-state index contributed by atoms with van der Waals surface area (Å²) in [4.78, 5) is 13.1. The summed E-state index contributed by atoms with van der Waals surface area (Å²) in [6.45, 7) is 7.90. The smallest absolute Gasteiger partial charge is 0.196 e. The molecule has 0 aliphatic rings. The minimum Gasteiger partial charge on any atom is -0.455 e. The molecule has 0 saturated carbocycles. The van der Waals surface area contributed by atoms with Gasteiger partial charge < -0.3 is 9.73 Å². The average molecular weight is 391 g/mol. The first-order valence-corrected chi connectivity index (χ1v) is 10.1. The number of benzene rings is 2.